The molecule has 2 aromatic heterocycles. The lowest BCUT2D eigenvalue weighted by Gasteiger charge is -2.16. The van der Waals surface area contributed by atoms with E-state index in [-0.39, 0.29) is 16.5 Å². The first-order valence-electron chi connectivity index (χ1n) is 8.28. The fourth-order valence-electron chi connectivity index (χ4n) is 2.67. The molecule has 1 N–H and O–H groups in total. The number of methoxy groups -OCH3 is 2. The quantitative estimate of drug-likeness (QED) is 0.600. The minimum absolute atomic E-state index is 0.138. The van der Waals surface area contributed by atoms with Crippen molar-refractivity contribution in [2.45, 2.75) is 9.46 Å². The molecule has 2 heterocycles. The molecular weight excluding hydrogens is 402 g/mol. The van der Waals surface area contributed by atoms with Crippen LogP contribution in [0.15, 0.2) is 62.7 Å². The Morgan fingerprint density at radius 2 is 1.93 bits per heavy atom. The smallest absolute Gasteiger partial charge is 0.251 e. The molecule has 3 rings (SSSR count). The van der Waals surface area contributed by atoms with E-state index in [2.05, 4.69) is 5.32 Å². The van der Waals surface area contributed by atoms with Crippen molar-refractivity contribution in [2.75, 3.05) is 20.8 Å². The van der Waals surface area contributed by atoms with Crippen molar-refractivity contribution >= 4 is 27.1 Å². The SMILES string of the molecule is COc1ccc(C(=O)NC[C@@H](c2ccco2)S(=O)(=O)c2cccs2)cc1OC. The lowest BCUT2D eigenvalue weighted by Crippen LogP contribution is -2.31. The van der Waals surface area contributed by atoms with Crippen molar-refractivity contribution in [3.05, 3.63) is 65.4 Å². The van der Waals surface area contributed by atoms with Gasteiger partial charge in [-0.1, -0.05) is 6.07 Å². The summed E-state index contributed by atoms with van der Waals surface area (Å²) >= 11 is 1.12. The van der Waals surface area contributed by atoms with Crippen LogP contribution in [-0.2, 0) is 9.84 Å². The molecule has 7 nitrogen and oxygen atoms in total. The van der Waals surface area contributed by atoms with E-state index in [1.54, 1.807) is 35.7 Å². The van der Waals surface area contributed by atoms with Gasteiger partial charge in [0.25, 0.3) is 5.91 Å². The van der Waals surface area contributed by atoms with E-state index in [4.69, 9.17) is 13.9 Å². The van der Waals surface area contributed by atoms with E-state index in [1.807, 2.05) is 0 Å². The maximum atomic E-state index is 13.0. The van der Waals surface area contributed by atoms with E-state index in [0.29, 0.717) is 17.1 Å². The van der Waals surface area contributed by atoms with Crippen molar-refractivity contribution in [3.8, 4) is 11.5 Å². The Bertz CT molecular complexity index is 1030. The summed E-state index contributed by atoms with van der Waals surface area (Å²) in [5.41, 5.74) is 0.323. The Balaban J connectivity index is 1.82. The Morgan fingerprint density at radius 3 is 2.54 bits per heavy atom. The zero-order valence-corrected chi connectivity index (χ0v) is 16.9. The van der Waals surface area contributed by atoms with E-state index < -0.39 is 21.0 Å². The van der Waals surface area contributed by atoms with Crippen LogP contribution in [0, 0.1) is 0 Å². The fourth-order valence-corrected chi connectivity index (χ4v) is 5.46. The van der Waals surface area contributed by atoms with Crippen LogP contribution in [-0.4, -0.2) is 35.1 Å². The molecule has 148 valence electrons. The minimum Gasteiger partial charge on any atom is -0.493 e. The van der Waals surface area contributed by atoms with Gasteiger partial charge in [0.2, 0.25) is 0 Å². The number of carbonyl (C=O) groups excluding carboxylic acids is 1. The van der Waals surface area contributed by atoms with Gasteiger partial charge in [-0.25, -0.2) is 8.42 Å². The second-order valence-corrected chi connectivity index (χ2v) is 9.07. The molecule has 0 aliphatic carbocycles. The molecule has 0 radical (unpaired) electrons. The molecule has 9 heteroatoms. The number of sulfone groups is 1. The van der Waals surface area contributed by atoms with Crippen LogP contribution in [0.2, 0.25) is 0 Å². The van der Waals surface area contributed by atoms with Crippen LogP contribution in [0.3, 0.4) is 0 Å². The lowest BCUT2D eigenvalue weighted by atomic mass is 10.2. The second-order valence-electron chi connectivity index (χ2n) is 5.76. The predicted molar refractivity (Wildman–Crippen MR) is 105 cm³/mol. The average molecular weight is 421 g/mol. The van der Waals surface area contributed by atoms with Crippen molar-refractivity contribution in [1.29, 1.82) is 0 Å². The highest BCUT2D eigenvalue weighted by molar-refractivity contribution is 7.93. The summed E-state index contributed by atoms with van der Waals surface area (Å²) in [6, 6.07) is 11.1. The van der Waals surface area contributed by atoms with Gasteiger partial charge in [0, 0.05) is 12.1 Å². The summed E-state index contributed by atoms with van der Waals surface area (Å²) in [5, 5.41) is 3.33. The number of amides is 1. The Morgan fingerprint density at radius 1 is 1.14 bits per heavy atom. The van der Waals surface area contributed by atoms with Crippen molar-refractivity contribution in [1.82, 2.24) is 5.32 Å². The molecule has 0 aliphatic heterocycles. The Kier molecular flexibility index (Phi) is 6.05. The van der Waals surface area contributed by atoms with Crippen LogP contribution in [0.25, 0.3) is 0 Å². The van der Waals surface area contributed by atoms with E-state index in [9.17, 15) is 13.2 Å². The van der Waals surface area contributed by atoms with Gasteiger partial charge < -0.3 is 19.2 Å². The Labute approximate surface area is 166 Å². The van der Waals surface area contributed by atoms with Crippen molar-refractivity contribution in [2.24, 2.45) is 0 Å². The highest BCUT2D eigenvalue weighted by atomic mass is 32.2. The van der Waals surface area contributed by atoms with Gasteiger partial charge in [0.15, 0.2) is 21.3 Å². The topological polar surface area (TPSA) is 94.8 Å². The maximum Gasteiger partial charge on any atom is 0.251 e. The number of rotatable bonds is 8. The van der Waals surface area contributed by atoms with Crippen LogP contribution >= 0.6 is 11.3 Å². The molecule has 1 aromatic carbocycles. The molecular formula is C19H19NO6S2. The third kappa shape index (κ3) is 4.05. The largest absolute Gasteiger partial charge is 0.493 e. The zero-order valence-electron chi connectivity index (χ0n) is 15.2. The van der Waals surface area contributed by atoms with Gasteiger partial charge in [0.1, 0.15) is 15.2 Å². The van der Waals surface area contributed by atoms with Gasteiger partial charge in [-0.2, -0.15) is 0 Å². The van der Waals surface area contributed by atoms with Gasteiger partial charge in [0.05, 0.1) is 20.5 Å². The van der Waals surface area contributed by atoms with E-state index >= 15 is 0 Å². The standard InChI is InChI=1S/C19H19NO6S2/c1-24-14-8-7-13(11-16(14)25-2)19(21)20-12-17(15-5-3-9-26-15)28(22,23)18-6-4-10-27-18/h3-11,17H,12H2,1-2H3,(H,20,21)/t17-/m0/s1. The van der Waals surface area contributed by atoms with Crippen LogP contribution < -0.4 is 14.8 Å². The normalized spacial score (nSPS) is 12.4. The monoisotopic (exact) mass is 421 g/mol. The summed E-state index contributed by atoms with van der Waals surface area (Å²) in [6.07, 6.45) is 1.41. The number of ether oxygens (including phenoxy) is 2. The minimum atomic E-state index is -3.72. The van der Waals surface area contributed by atoms with Gasteiger partial charge >= 0.3 is 0 Å². The maximum absolute atomic E-state index is 13.0. The summed E-state index contributed by atoms with van der Waals surface area (Å²) in [6.45, 7) is -0.138. The lowest BCUT2D eigenvalue weighted by molar-refractivity contribution is 0.0953. The summed E-state index contributed by atoms with van der Waals surface area (Å²) in [5.74, 6) is 0.733. The fraction of sp³-hybridized carbons (Fsp3) is 0.211. The number of benzene rings is 1. The van der Waals surface area contributed by atoms with E-state index in [1.165, 1.54) is 32.6 Å². The molecule has 0 spiro atoms. The number of nitrogens with one attached hydrogen (secondary N) is 1. The first-order valence-corrected chi connectivity index (χ1v) is 10.7. The molecule has 0 unspecified atom stereocenters. The summed E-state index contributed by atoms with van der Waals surface area (Å²) in [7, 11) is -0.743. The molecule has 0 fully saturated rings. The van der Waals surface area contributed by atoms with Crippen LogP contribution in [0.5, 0.6) is 11.5 Å². The number of carbonyl (C=O) groups is 1. The predicted octanol–water partition coefficient (Wildman–Crippen LogP) is 3.30. The second kappa shape index (κ2) is 8.49. The van der Waals surface area contributed by atoms with Gasteiger partial charge in [-0.3, -0.25) is 4.79 Å². The summed E-state index contributed by atoms with van der Waals surface area (Å²) in [4.78, 5) is 12.6. The van der Waals surface area contributed by atoms with Crippen LogP contribution in [0.1, 0.15) is 21.4 Å². The van der Waals surface area contributed by atoms with Gasteiger partial charge in [-0.15, -0.1) is 11.3 Å². The highest BCUT2D eigenvalue weighted by Gasteiger charge is 2.32. The summed E-state index contributed by atoms with van der Waals surface area (Å²) < 4.78 is 41.9. The highest BCUT2D eigenvalue weighted by Crippen LogP contribution is 2.32. The molecule has 0 saturated heterocycles. The average Bonchev–Trinajstić information content (AvgIpc) is 3.41. The van der Waals surface area contributed by atoms with Gasteiger partial charge in [-0.05, 0) is 41.8 Å². The molecule has 28 heavy (non-hydrogen) atoms. The Hall–Kier alpha value is -2.78. The first-order chi connectivity index (χ1) is 13.5. The number of hydrogen-bond acceptors (Lipinski definition) is 7. The van der Waals surface area contributed by atoms with Crippen molar-refractivity contribution < 1.29 is 27.1 Å². The molecule has 3 aromatic rings. The molecule has 0 saturated carbocycles. The third-order valence-electron chi connectivity index (χ3n) is 4.10. The van der Waals surface area contributed by atoms with Crippen LogP contribution in [0.4, 0.5) is 0 Å². The molecule has 0 aliphatic rings. The van der Waals surface area contributed by atoms with Crippen molar-refractivity contribution in [3.63, 3.8) is 0 Å². The third-order valence-corrected chi connectivity index (χ3v) is 7.60. The van der Waals surface area contributed by atoms with E-state index in [0.717, 1.165) is 11.3 Å². The molecule has 1 amide bonds. The first kappa shape index (κ1) is 20.0. The number of hydrogen-bond donors (Lipinski definition) is 1. The molecule has 0 bridgehead atoms. The molecule has 1 atom stereocenters. The number of furan rings is 1. The number of thiophene rings is 1. The zero-order chi connectivity index (χ0) is 20.1.